The summed E-state index contributed by atoms with van der Waals surface area (Å²) in [5, 5.41) is 3.40. The molecule has 0 aromatic heterocycles. The minimum Gasteiger partial charge on any atom is -0.341 e. The minimum absolute atomic E-state index is 0.0122. The van der Waals surface area contributed by atoms with Crippen LogP contribution in [0.2, 0.25) is 0 Å². The maximum atomic E-state index is 12.5. The molecule has 1 atom stereocenters. The first kappa shape index (κ1) is 14.5. The molecule has 17 heavy (non-hydrogen) atoms. The van der Waals surface area contributed by atoms with Crippen molar-refractivity contribution in [2.24, 2.45) is 5.41 Å². The highest BCUT2D eigenvalue weighted by atomic mass is 16.2. The molecule has 1 unspecified atom stereocenters. The standard InChI is InChI=1S/C14H28N2O/c1-6-11(7-2)16(5)13(17)12-14(3,4)9-8-10-15-12/h11-12,15H,6-10H2,1-5H3. The lowest BCUT2D eigenvalue weighted by Crippen LogP contribution is -2.57. The number of carbonyl (C=O) groups is 1. The normalized spacial score (nSPS) is 23.8. The number of carbonyl (C=O) groups excluding carboxylic acids is 1. The number of nitrogens with zero attached hydrogens (tertiary/aromatic N) is 1. The van der Waals surface area contributed by atoms with Crippen LogP contribution < -0.4 is 5.32 Å². The van der Waals surface area contributed by atoms with E-state index < -0.39 is 0 Å². The van der Waals surface area contributed by atoms with Gasteiger partial charge in [0, 0.05) is 13.1 Å². The molecule has 1 fully saturated rings. The smallest absolute Gasteiger partial charge is 0.240 e. The van der Waals surface area contributed by atoms with E-state index in [1.54, 1.807) is 0 Å². The predicted molar refractivity (Wildman–Crippen MR) is 71.9 cm³/mol. The van der Waals surface area contributed by atoms with E-state index in [0.29, 0.717) is 6.04 Å². The monoisotopic (exact) mass is 240 g/mol. The number of rotatable bonds is 4. The molecule has 1 heterocycles. The van der Waals surface area contributed by atoms with Crippen LogP contribution in [0.15, 0.2) is 0 Å². The van der Waals surface area contributed by atoms with Gasteiger partial charge in [-0.1, -0.05) is 27.7 Å². The third-order valence-electron chi connectivity index (χ3n) is 4.21. The molecule has 3 heteroatoms. The van der Waals surface area contributed by atoms with Gasteiger partial charge in [-0.25, -0.2) is 0 Å². The van der Waals surface area contributed by atoms with Crippen molar-refractivity contribution in [1.82, 2.24) is 10.2 Å². The molecule has 1 aliphatic rings. The molecule has 0 spiro atoms. The summed E-state index contributed by atoms with van der Waals surface area (Å²) in [6, 6.07) is 0.365. The molecule has 0 bridgehead atoms. The van der Waals surface area contributed by atoms with Crippen LogP contribution in [0.25, 0.3) is 0 Å². The third-order valence-corrected chi connectivity index (χ3v) is 4.21. The van der Waals surface area contributed by atoms with Gasteiger partial charge >= 0.3 is 0 Å². The van der Waals surface area contributed by atoms with Crippen LogP contribution in [0.5, 0.6) is 0 Å². The summed E-state index contributed by atoms with van der Waals surface area (Å²) >= 11 is 0. The second kappa shape index (κ2) is 5.85. The van der Waals surface area contributed by atoms with E-state index >= 15 is 0 Å². The SMILES string of the molecule is CCC(CC)N(C)C(=O)C1NCCCC1(C)C. The van der Waals surface area contributed by atoms with E-state index in [2.05, 4.69) is 33.0 Å². The van der Waals surface area contributed by atoms with Crippen molar-refractivity contribution in [2.45, 2.75) is 65.5 Å². The highest BCUT2D eigenvalue weighted by Crippen LogP contribution is 2.31. The van der Waals surface area contributed by atoms with E-state index in [1.807, 2.05) is 11.9 Å². The van der Waals surface area contributed by atoms with Gasteiger partial charge in [0.25, 0.3) is 0 Å². The Morgan fingerprint density at radius 2 is 2.00 bits per heavy atom. The maximum Gasteiger partial charge on any atom is 0.240 e. The van der Waals surface area contributed by atoms with Crippen molar-refractivity contribution >= 4 is 5.91 Å². The van der Waals surface area contributed by atoms with Gasteiger partial charge in [0.15, 0.2) is 0 Å². The van der Waals surface area contributed by atoms with Crippen LogP contribution in [-0.4, -0.2) is 36.5 Å². The summed E-state index contributed by atoms with van der Waals surface area (Å²) in [5.41, 5.74) is 0.0790. The van der Waals surface area contributed by atoms with E-state index in [-0.39, 0.29) is 17.4 Å². The van der Waals surface area contributed by atoms with Crippen molar-refractivity contribution in [3.63, 3.8) is 0 Å². The van der Waals surface area contributed by atoms with Gasteiger partial charge in [-0.2, -0.15) is 0 Å². The number of piperidine rings is 1. The Morgan fingerprint density at radius 1 is 1.41 bits per heavy atom. The van der Waals surface area contributed by atoms with Gasteiger partial charge in [-0.15, -0.1) is 0 Å². The Hall–Kier alpha value is -0.570. The van der Waals surface area contributed by atoms with Gasteiger partial charge in [0.2, 0.25) is 5.91 Å². The lowest BCUT2D eigenvalue weighted by atomic mass is 9.77. The summed E-state index contributed by atoms with van der Waals surface area (Å²) < 4.78 is 0. The molecule has 100 valence electrons. The first-order chi connectivity index (χ1) is 7.94. The van der Waals surface area contributed by atoms with E-state index in [4.69, 9.17) is 0 Å². The van der Waals surface area contributed by atoms with Crippen molar-refractivity contribution in [2.75, 3.05) is 13.6 Å². The largest absolute Gasteiger partial charge is 0.341 e. The molecule has 1 N–H and O–H groups in total. The molecule has 0 radical (unpaired) electrons. The quantitative estimate of drug-likeness (QED) is 0.818. The number of likely N-dealkylation sites (N-methyl/N-ethyl adjacent to an activating group) is 1. The van der Waals surface area contributed by atoms with Crippen molar-refractivity contribution in [3.05, 3.63) is 0 Å². The second-order valence-electron chi connectivity index (χ2n) is 5.90. The number of nitrogens with one attached hydrogen (secondary N) is 1. The van der Waals surface area contributed by atoms with Gasteiger partial charge in [-0.05, 0) is 37.6 Å². The molecular weight excluding hydrogens is 212 g/mol. The zero-order valence-corrected chi connectivity index (χ0v) is 12.0. The van der Waals surface area contributed by atoms with Crippen LogP contribution in [0.3, 0.4) is 0 Å². The van der Waals surface area contributed by atoms with Crippen molar-refractivity contribution in [1.29, 1.82) is 0 Å². The molecule has 1 aliphatic heterocycles. The van der Waals surface area contributed by atoms with Crippen LogP contribution in [0.1, 0.15) is 53.4 Å². The molecule has 0 saturated carbocycles. The summed E-state index contributed by atoms with van der Waals surface area (Å²) in [6.45, 7) is 9.66. The lowest BCUT2D eigenvalue weighted by Gasteiger charge is -2.41. The van der Waals surface area contributed by atoms with Gasteiger partial charge in [0.05, 0.1) is 6.04 Å². The average molecular weight is 240 g/mol. The fourth-order valence-corrected chi connectivity index (χ4v) is 2.85. The number of hydrogen-bond donors (Lipinski definition) is 1. The zero-order chi connectivity index (χ0) is 13.1. The molecular formula is C14H28N2O. The molecule has 1 amide bonds. The van der Waals surface area contributed by atoms with Crippen LogP contribution in [0, 0.1) is 5.41 Å². The minimum atomic E-state index is -0.0122. The Balaban J connectivity index is 2.74. The van der Waals surface area contributed by atoms with Gasteiger partial charge in [0.1, 0.15) is 0 Å². The molecule has 0 aromatic carbocycles. The highest BCUT2D eigenvalue weighted by Gasteiger charge is 2.39. The molecule has 0 aromatic rings. The summed E-state index contributed by atoms with van der Waals surface area (Å²) in [6.07, 6.45) is 4.37. The first-order valence-electron chi connectivity index (χ1n) is 6.94. The Labute approximate surface area is 106 Å². The van der Waals surface area contributed by atoms with Crippen LogP contribution in [-0.2, 0) is 4.79 Å². The van der Waals surface area contributed by atoms with E-state index in [0.717, 1.165) is 25.8 Å². The van der Waals surface area contributed by atoms with Crippen LogP contribution in [0.4, 0.5) is 0 Å². The van der Waals surface area contributed by atoms with Gasteiger partial charge < -0.3 is 10.2 Å². The summed E-state index contributed by atoms with van der Waals surface area (Å²) in [7, 11) is 1.95. The molecule has 0 aliphatic carbocycles. The fourth-order valence-electron chi connectivity index (χ4n) is 2.85. The molecule has 1 rings (SSSR count). The average Bonchev–Trinajstić information content (AvgIpc) is 2.29. The van der Waals surface area contributed by atoms with Crippen molar-refractivity contribution < 1.29 is 4.79 Å². The highest BCUT2D eigenvalue weighted by molar-refractivity contribution is 5.83. The second-order valence-corrected chi connectivity index (χ2v) is 5.90. The number of hydrogen-bond acceptors (Lipinski definition) is 2. The van der Waals surface area contributed by atoms with Gasteiger partial charge in [-0.3, -0.25) is 4.79 Å². The van der Waals surface area contributed by atoms with E-state index in [1.165, 1.54) is 6.42 Å². The molecule has 1 saturated heterocycles. The lowest BCUT2D eigenvalue weighted by molar-refractivity contribution is -0.138. The predicted octanol–water partition coefficient (Wildman–Crippen LogP) is 2.41. The third kappa shape index (κ3) is 3.21. The summed E-state index contributed by atoms with van der Waals surface area (Å²) in [4.78, 5) is 14.5. The molecule has 3 nitrogen and oxygen atoms in total. The maximum absolute atomic E-state index is 12.5. The Kier molecular flexibility index (Phi) is 4.99. The Morgan fingerprint density at radius 3 is 2.47 bits per heavy atom. The summed E-state index contributed by atoms with van der Waals surface area (Å²) in [5.74, 6) is 0.267. The zero-order valence-electron chi connectivity index (χ0n) is 12.0. The topological polar surface area (TPSA) is 32.3 Å². The fraction of sp³-hybridized carbons (Fsp3) is 0.929. The number of amides is 1. The Bertz CT molecular complexity index is 259. The first-order valence-corrected chi connectivity index (χ1v) is 6.94. The van der Waals surface area contributed by atoms with Crippen molar-refractivity contribution in [3.8, 4) is 0 Å². The van der Waals surface area contributed by atoms with Crippen LogP contribution >= 0.6 is 0 Å². The van der Waals surface area contributed by atoms with E-state index in [9.17, 15) is 4.79 Å².